The normalized spacial score (nSPS) is 14.8. The first-order valence-electron chi connectivity index (χ1n) is 9.48. The number of rotatable bonds is 6. The molecule has 0 unspecified atom stereocenters. The van der Waals surface area contributed by atoms with Gasteiger partial charge in [0.15, 0.2) is 0 Å². The smallest absolute Gasteiger partial charge is 0.255 e. The van der Waals surface area contributed by atoms with E-state index in [4.69, 9.17) is 0 Å². The molecule has 4 rings (SSSR count). The van der Waals surface area contributed by atoms with E-state index in [0.29, 0.717) is 23.6 Å². The molecule has 5 heteroatoms. The Morgan fingerprint density at radius 2 is 1.86 bits per heavy atom. The van der Waals surface area contributed by atoms with E-state index in [1.165, 1.54) is 24.1 Å². The second-order valence-corrected chi connectivity index (χ2v) is 7.22. The van der Waals surface area contributed by atoms with Gasteiger partial charge in [0.05, 0.1) is 5.56 Å². The summed E-state index contributed by atoms with van der Waals surface area (Å²) in [6, 6.07) is 19.9. The predicted octanol–water partition coefficient (Wildman–Crippen LogP) is 4.82. The van der Waals surface area contributed by atoms with Gasteiger partial charge < -0.3 is 10.6 Å². The summed E-state index contributed by atoms with van der Waals surface area (Å²) < 4.78 is 13.4. The van der Waals surface area contributed by atoms with E-state index >= 15 is 0 Å². The summed E-state index contributed by atoms with van der Waals surface area (Å²) in [5.74, 6) is -0.121. The summed E-state index contributed by atoms with van der Waals surface area (Å²) in [4.78, 5) is 17.1. The zero-order chi connectivity index (χ0) is 19.4. The van der Waals surface area contributed by atoms with Gasteiger partial charge in [-0.3, -0.25) is 4.79 Å². The molecule has 3 aromatic rings. The Labute approximate surface area is 163 Å². The quantitative estimate of drug-likeness (QED) is 0.650. The fraction of sp³-hybridized carbons (Fsp3) is 0.217. The number of pyridine rings is 1. The summed E-state index contributed by atoms with van der Waals surface area (Å²) in [5.41, 5.74) is 2.27. The van der Waals surface area contributed by atoms with Gasteiger partial charge in [-0.2, -0.15) is 0 Å². The minimum Gasteiger partial charge on any atom is -0.351 e. The molecular weight excluding hydrogens is 353 g/mol. The Bertz CT molecular complexity index is 970. The van der Waals surface area contributed by atoms with E-state index in [9.17, 15) is 9.18 Å². The molecule has 0 radical (unpaired) electrons. The monoisotopic (exact) mass is 375 g/mol. The van der Waals surface area contributed by atoms with E-state index in [1.807, 2.05) is 18.2 Å². The molecule has 1 aliphatic rings. The molecule has 1 saturated carbocycles. The van der Waals surface area contributed by atoms with Crippen molar-refractivity contribution in [2.45, 2.75) is 24.7 Å². The van der Waals surface area contributed by atoms with Gasteiger partial charge in [-0.05, 0) is 48.7 Å². The highest BCUT2D eigenvalue weighted by Gasteiger charge is 2.38. The van der Waals surface area contributed by atoms with E-state index in [0.717, 1.165) is 12.8 Å². The van der Waals surface area contributed by atoms with Crippen LogP contribution >= 0.6 is 0 Å². The number of hydrogen-bond donors (Lipinski definition) is 2. The van der Waals surface area contributed by atoms with Crippen molar-refractivity contribution >= 4 is 17.4 Å². The number of benzene rings is 2. The highest BCUT2D eigenvalue weighted by atomic mass is 19.1. The van der Waals surface area contributed by atoms with Gasteiger partial charge in [0, 0.05) is 23.8 Å². The van der Waals surface area contributed by atoms with Crippen LogP contribution in [0.3, 0.4) is 0 Å². The van der Waals surface area contributed by atoms with Gasteiger partial charge >= 0.3 is 0 Å². The molecule has 4 nitrogen and oxygen atoms in total. The Morgan fingerprint density at radius 3 is 2.57 bits per heavy atom. The van der Waals surface area contributed by atoms with Crippen molar-refractivity contribution in [3.8, 4) is 0 Å². The number of carbonyl (C=O) groups excluding carboxylic acids is 1. The molecular formula is C23H22FN3O. The summed E-state index contributed by atoms with van der Waals surface area (Å²) in [6.45, 7) is 0.587. The van der Waals surface area contributed by atoms with Crippen molar-refractivity contribution in [2.24, 2.45) is 0 Å². The van der Waals surface area contributed by atoms with Gasteiger partial charge in [0.25, 0.3) is 5.91 Å². The fourth-order valence-electron chi connectivity index (χ4n) is 3.70. The molecule has 0 bridgehead atoms. The number of nitrogens with zero attached hydrogens (tertiary/aromatic N) is 1. The van der Waals surface area contributed by atoms with Crippen molar-refractivity contribution in [3.05, 3.63) is 89.9 Å². The van der Waals surface area contributed by atoms with Gasteiger partial charge in [-0.1, -0.05) is 42.8 Å². The average Bonchev–Trinajstić information content (AvgIpc) is 2.68. The van der Waals surface area contributed by atoms with Gasteiger partial charge in [0.1, 0.15) is 11.6 Å². The number of anilines is 2. The molecule has 0 atom stereocenters. The molecule has 1 aliphatic carbocycles. The molecule has 1 fully saturated rings. The average molecular weight is 375 g/mol. The SMILES string of the molecule is O=C(NCC1(c2ccccc2)CCC1)c1cccnc1Nc1cccc(F)c1. The molecule has 0 aliphatic heterocycles. The number of aromatic nitrogens is 1. The number of nitrogens with one attached hydrogen (secondary N) is 2. The highest BCUT2D eigenvalue weighted by Crippen LogP contribution is 2.43. The zero-order valence-electron chi connectivity index (χ0n) is 15.5. The van der Waals surface area contributed by atoms with Crippen LogP contribution in [0.25, 0.3) is 0 Å². The summed E-state index contributed by atoms with van der Waals surface area (Å²) in [5, 5.41) is 6.12. The van der Waals surface area contributed by atoms with Gasteiger partial charge in [-0.25, -0.2) is 9.37 Å². The van der Waals surface area contributed by atoms with Crippen LogP contribution in [-0.4, -0.2) is 17.4 Å². The Balaban J connectivity index is 1.50. The molecule has 1 heterocycles. The Morgan fingerprint density at radius 1 is 1.04 bits per heavy atom. The van der Waals surface area contributed by atoms with E-state index in [2.05, 4.69) is 27.8 Å². The van der Waals surface area contributed by atoms with Crippen LogP contribution in [0.2, 0.25) is 0 Å². The maximum Gasteiger partial charge on any atom is 0.255 e. The largest absolute Gasteiger partial charge is 0.351 e. The standard InChI is InChI=1S/C23H22FN3O/c24-18-9-4-10-19(15-18)27-21-20(11-5-14-25-21)22(28)26-16-23(12-6-13-23)17-7-2-1-3-8-17/h1-5,7-11,14-15H,6,12-13,16H2,(H,25,27)(H,26,28). The maximum absolute atomic E-state index is 13.4. The van der Waals surface area contributed by atoms with Crippen LogP contribution in [0.15, 0.2) is 72.9 Å². The third-order valence-corrected chi connectivity index (χ3v) is 5.42. The number of carbonyl (C=O) groups is 1. The number of hydrogen-bond acceptors (Lipinski definition) is 3. The lowest BCUT2D eigenvalue weighted by Crippen LogP contribution is -2.45. The van der Waals surface area contributed by atoms with Crippen LogP contribution in [0, 0.1) is 5.82 Å². The molecule has 142 valence electrons. The van der Waals surface area contributed by atoms with Crippen molar-refractivity contribution in [2.75, 3.05) is 11.9 Å². The zero-order valence-corrected chi connectivity index (χ0v) is 15.5. The third-order valence-electron chi connectivity index (χ3n) is 5.42. The molecule has 1 aromatic heterocycles. The lowest BCUT2D eigenvalue weighted by atomic mass is 9.64. The van der Waals surface area contributed by atoms with Crippen molar-refractivity contribution in [3.63, 3.8) is 0 Å². The Hall–Kier alpha value is -3.21. The highest BCUT2D eigenvalue weighted by molar-refractivity contribution is 5.99. The summed E-state index contributed by atoms with van der Waals surface area (Å²) in [6.07, 6.45) is 4.91. The Kier molecular flexibility index (Phi) is 5.06. The number of halogens is 1. The first-order valence-corrected chi connectivity index (χ1v) is 9.48. The molecule has 0 saturated heterocycles. The van der Waals surface area contributed by atoms with Crippen LogP contribution in [-0.2, 0) is 5.41 Å². The van der Waals surface area contributed by atoms with Crippen LogP contribution < -0.4 is 10.6 Å². The summed E-state index contributed by atoms with van der Waals surface area (Å²) in [7, 11) is 0. The van der Waals surface area contributed by atoms with Crippen LogP contribution in [0.1, 0.15) is 35.2 Å². The lowest BCUT2D eigenvalue weighted by molar-refractivity contribution is 0.0928. The van der Waals surface area contributed by atoms with Crippen molar-refractivity contribution in [1.82, 2.24) is 10.3 Å². The van der Waals surface area contributed by atoms with Crippen molar-refractivity contribution < 1.29 is 9.18 Å². The van der Waals surface area contributed by atoms with E-state index in [-0.39, 0.29) is 17.1 Å². The predicted molar refractivity (Wildman–Crippen MR) is 108 cm³/mol. The second kappa shape index (κ2) is 7.80. The minimum atomic E-state index is -0.346. The van der Waals surface area contributed by atoms with Gasteiger partial charge in [-0.15, -0.1) is 0 Å². The van der Waals surface area contributed by atoms with Gasteiger partial charge in [0.2, 0.25) is 0 Å². The van der Waals surface area contributed by atoms with Crippen LogP contribution in [0.5, 0.6) is 0 Å². The number of amides is 1. The first kappa shape index (κ1) is 18.2. The fourth-order valence-corrected chi connectivity index (χ4v) is 3.70. The second-order valence-electron chi connectivity index (χ2n) is 7.22. The molecule has 28 heavy (non-hydrogen) atoms. The minimum absolute atomic E-state index is 0.00921. The molecule has 2 aromatic carbocycles. The topological polar surface area (TPSA) is 54.0 Å². The maximum atomic E-state index is 13.4. The van der Waals surface area contributed by atoms with E-state index in [1.54, 1.807) is 30.5 Å². The van der Waals surface area contributed by atoms with Crippen molar-refractivity contribution in [1.29, 1.82) is 0 Å². The first-order chi connectivity index (χ1) is 13.7. The lowest BCUT2D eigenvalue weighted by Gasteiger charge is -2.42. The van der Waals surface area contributed by atoms with E-state index < -0.39 is 0 Å². The van der Waals surface area contributed by atoms with Crippen LogP contribution in [0.4, 0.5) is 15.9 Å². The molecule has 0 spiro atoms. The third kappa shape index (κ3) is 3.74. The summed E-state index contributed by atoms with van der Waals surface area (Å²) >= 11 is 0. The molecule has 2 N–H and O–H groups in total. The molecule has 1 amide bonds.